The van der Waals surface area contributed by atoms with Crippen molar-refractivity contribution >= 4 is 0 Å². The maximum Gasteiger partial charge on any atom is -0.0414 e. The molecule has 0 spiro atoms. The zero-order chi connectivity index (χ0) is 9.52. The van der Waals surface area contributed by atoms with Crippen molar-refractivity contribution in [1.29, 1.82) is 0 Å². The highest BCUT2D eigenvalue weighted by Crippen LogP contribution is 2.33. The van der Waals surface area contributed by atoms with Crippen molar-refractivity contribution in [3.63, 3.8) is 0 Å². The van der Waals surface area contributed by atoms with E-state index in [2.05, 4.69) is 13.8 Å². The van der Waals surface area contributed by atoms with E-state index in [9.17, 15) is 0 Å². The molecule has 1 aliphatic carbocycles. The molecule has 0 nitrogen and oxygen atoms in total. The quantitative estimate of drug-likeness (QED) is 0.531. The second-order valence-corrected chi connectivity index (χ2v) is 4.79. The third kappa shape index (κ3) is 4.15. The Bertz CT molecular complexity index is 113. The third-order valence-electron chi connectivity index (χ3n) is 3.75. The minimum absolute atomic E-state index is 1.04. The highest BCUT2D eigenvalue weighted by atomic mass is 14.2. The fraction of sp³-hybridized carbons (Fsp3) is 1.00. The van der Waals surface area contributed by atoms with Crippen molar-refractivity contribution in [2.24, 2.45) is 11.8 Å². The van der Waals surface area contributed by atoms with Gasteiger partial charge in [0.25, 0.3) is 0 Å². The Morgan fingerprint density at radius 1 is 1.15 bits per heavy atom. The lowest BCUT2D eigenvalue weighted by molar-refractivity contribution is 0.261. The highest BCUT2D eigenvalue weighted by Gasteiger charge is 2.18. The first-order valence-corrected chi connectivity index (χ1v) is 6.36. The van der Waals surface area contributed by atoms with Crippen LogP contribution in [0.15, 0.2) is 0 Å². The lowest BCUT2D eigenvalue weighted by Crippen LogP contribution is -2.12. The topological polar surface area (TPSA) is 0 Å². The molecule has 0 aliphatic heterocycles. The molecule has 1 fully saturated rings. The van der Waals surface area contributed by atoms with E-state index >= 15 is 0 Å². The molecule has 0 aromatic heterocycles. The predicted molar refractivity (Wildman–Crippen MR) is 59.9 cm³/mol. The fourth-order valence-corrected chi connectivity index (χ4v) is 2.30. The summed E-state index contributed by atoms with van der Waals surface area (Å²) < 4.78 is 0. The average Bonchev–Trinajstić information content (AvgIpc) is 2.08. The minimum Gasteiger partial charge on any atom is -0.0654 e. The second kappa shape index (κ2) is 6.45. The normalized spacial score (nSPS) is 19.8. The van der Waals surface area contributed by atoms with E-state index in [0.29, 0.717) is 0 Å². The van der Waals surface area contributed by atoms with Crippen LogP contribution in [0, 0.1) is 11.8 Å². The van der Waals surface area contributed by atoms with Gasteiger partial charge >= 0.3 is 0 Å². The number of unbranched alkanes of at least 4 members (excludes halogenated alkanes) is 1. The van der Waals surface area contributed by atoms with Gasteiger partial charge in [0.05, 0.1) is 0 Å². The molecule has 0 amide bonds. The number of hydrogen-bond acceptors (Lipinski definition) is 0. The Hall–Kier alpha value is 0. The van der Waals surface area contributed by atoms with E-state index in [4.69, 9.17) is 0 Å². The second-order valence-electron chi connectivity index (χ2n) is 4.79. The molecule has 78 valence electrons. The van der Waals surface area contributed by atoms with Crippen LogP contribution in [0.1, 0.15) is 71.6 Å². The molecule has 1 aliphatic rings. The Morgan fingerprint density at radius 2 is 1.92 bits per heavy atom. The lowest BCUT2D eigenvalue weighted by atomic mass is 9.79. The van der Waals surface area contributed by atoms with Crippen molar-refractivity contribution in [1.82, 2.24) is 0 Å². The van der Waals surface area contributed by atoms with E-state index in [1.54, 1.807) is 0 Å². The van der Waals surface area contributed by atoms with Gasteiger partial charge in [-0.1, -0.05) is 71.6 Å². The van der Waals surface area contributed by atoms with Gasteiger partial charge in [0.1, 0.15) is 0 Å². The van der Waals surface area contributed by atoms with Crippen molar-refractivity contribution < 1.29 is 0 Å². The van der Waals surface area contributed by atoms with Crippen molar-refractivity contribution in [2.45, 2.75) is 71.6 Å². The Labute approximate surface area is 84.1 Å². The van der Waals surface area contributed by atoms with E-state index in [1.807, 2.05) is 0 Å². The zero-order valence-corrected chi connectivity index (χ0v) is 9.52. The summed E-state index contributed by atoms with van der Waals surface area (Å²) in [5.74, 6) is 2.16. The summed E-state index contributed by atoms with van der Waals surface area (Å²) in [5.41, 5.74) is 0. The average molecular weight is 182 g/mol. The largest absolute Gasteiger partial charge is 0.0654 e. The maximum absolute atomic E-state index is 2.36. The van der Waals surface area contributed by atoms with E-state index in [0.717, 1.165) is 11.8 Å². The van der Waals surface area contributed by atoms with E-state index in [1.165, 1.54) is 57.8 Å². The molecule has 0 heterocycles. The molecular formula is C13H26. The molecule has 0 radical (unpaired) electrons. The minimum atomic E-state index is 1.04. The lowest BCUT2D eigenvalue weighted by Gasteiger charge is -2.27. The highest BCUT2D eigenvalue weighted by molar-refractivity contribution is 4.71. The Balaban J connectivity index is 2.00. The molecule has 1 atom stereocenters. The Morgan fingerprint density at radius 3 is 2.38 bits per heavy atom. The van der Waals surface area contributed by atoms with Gasteiger partial charge in [0, 0.05) is 0 Å². The predicted octanol–water partition coefficient (Wildman–Crippen LogP) is 4.78. The molecule has 0 aromatic carbocycles. The van der Waals surface area contributed by atoms with Gasteiger partial charge in [-0.25, -0.2) is 0 Å². The van der Waals surface area contributed by atoms with Crippen molar-refractivity contribution in [2.75, 3.05) is 0 Å². The van der Waals surface area contributed by atoms with Crippen molar-refractivity contribution in [3.8, 4) is 0 Å². The molecule has 0 bridgehead atoms. The SMILES string of the molecule is CCCCC(CC)CCC1CCC1. The number of rotatable bonds is 7. The van der Waals surface area contributed by atoms with Crippen LogP contribution >= 0.6 is 0 Å². The molecule has 0 N–H and O–H groups in total. The maximum atomic E-state index is 2.36. The summed E-state index contributed by atoms with van der Waals surface area (Å²) in [6, 6.07) is 0. The summed E-state index contributed by atoms with van der Waals surface area (Å²) in [6.07, 6.45) is 13.3. The van der Waals surface area contributed by atoms with Crippen LogP contribution in [-0.4, -0.2) is 0 Å². The van der Waals surface area contributed by atoms with Gasteiger partial charge in [-0.05, 0) is 11.8 Å². The molecule has 0 heteroatoms. The molecule has 0 saturated heterocycles. The molecule has 0 aromatic rings. The molecule has 1 rings (SSSR count). The molecular weight excluding hydrogens is 156 g/mol. The summed E-state index contributed by atoms with van der Waals surface area (Å²) in [4.78, 5) is 0. The van der Waals surface area contributed by atoms with Crippen molar-refractivity contribution in [3.05, 3.63) is 0 Å². The van der Waals surface area contributed by atoms with Crippen LogP contribution in [0.25, 0.3) is 0 Å². The van der Waals surface area contributed by atoms with Gasteiger partial charge < -0.3 is 0 Å². The molecule has 1 saturated carbocycles. The van der Waals surface area contributed by atoms with Gasteiger partial charge in [0.15, 0.2) is 0 Å². The van der Waals surface area contributed by atoms with E-state index in [-0.39, 0.29) is 0 Å². The summed E-state index contributed by atoms with van der Waals surface area (Å²) in [7, 11) is 0. The standard InChI is InChI=1S/C13H26/c1-3-5-7-12(4-2)10-11-13-8-6-9-13/h12-13H,3-11H2,1-2H3. The first kappa shape index (κ1) is 11.1. The van der Waals surface area contributed by atoms with Gasteiger partial charge in [-0.15, -0.1) is 0 Å². The summed E-state index contributed by atoms with van der Waals surface area (Å²) in [5, 5.41) is 0. The van der Waals surface area contributed by atoms with E-state index < -0.39 is 0 Å². The monoisotopic (exact) mass is 182 g/mol. The first-order chi connectivity index (χ1) is 6.36. The first-order valence-electron chi connectivity index (χ1n) is 6.36. The van der Waals surface area contributed by atoms with Crippen LogP contribution in [-0.2, 0) is 0 Å². The summed E-state index contributed by atoms with van der Waals surface area (Å²) >= 11 is 0. The van der Waals surface area contributed by atoms with Gasteiger partial charge in [0.2, 0.25) is 0 Å². The van der Waals surface area contributed by atoms with Crippen LogP contribution in [0.5, 0.6) is 0 Å². The molecule has 13 heavy (non-hydrogen) atoms. The smallest absolute Gasteiger partial charge is 0.0414 e. The number of hydrogen-bond donors (Lipinski definition) is 0. The molecule has 1 unspecified atom stereocenters. The van der Waals surface area contributed by atoms with Crippen LogP contribution in [0.2, 0.25) is 0 Å². The van der Waals surface area contributed by atoms with Crippen LogP contribution in [0.4, 0.5) is 0 Å². The van der Waals surface area contributed by atoms with Gasteiger partial charge in [-0.2, -0.15) is 0 Å². The van der Waals surface area contributed by atoms with Gasteiger partial charge in [-0.3, -0.25) is 0 Å². The third-order valence-corrected chi connectivity index (χ3v) is 3.75. The van der Waals surface area contributed by atoms with Crippen LogP contribution in [0.3, 0.4) is 0 Å². The fourth-order valence-electron chi connectivity index (χ4n) is 2.30. The Kier molecular flexibility index (Phi) is 5.50. The summed E-state index contributed by atoms with van der Waals surface area (Å²) in [6.45, 7) is 4.67. The zero-order valence-electron chi connectivity index (χ0n) is 9.52. The van der Waals surface area contributed by atoms with Crippen LogP contribution < -0.4 is 0 Å².